The van der Waals surface area contributed by atoms with Crippen LogP contribution in [0.15, 0.2) is 30.3 Å². The Hall–Kier alpha value is -2.02. The molecule has 0 bridgehead atoms. The number of nitriles is 1. The van der Waals surface area contributed by atoms with E-state index in [4.69, 9.17) is 4.74 Å². The van der Waals surface area contributed by atoms with Gasteiger partial charge in [0.05, 0.1) is 6.07 Å². The highest BCUT2D eigenvalue weighted by atomic mass is 16.5. The molecule has 1 saturated carbocycles. The second-order valence-electron chi connectivity index (χ2n) is 5.61. The largest absolute Gasteiger partial charge is 0.484 e. The molecule has 1 aromatic rings. The molecule has 0 radical (unpaired) electrons. The van der Waals surface area contributed by atoms with Crippen LogP contribution < -0.4 is 10.1 Å². The van der Waals surface area contributed by atoms with Crippen molar-refractivity contribution < 1.29 is 9.53 Å². The van der Waals surface area contributed by atoms with E-state index < -0.39 is 5.54 Å². The van der Waals surface area contributed by atoms with Crippen molar-refractivity contribution in [1.29, 1.82) is 5.26 Å². The van der Waals surface area contributed by atoms with Crippen molar-refractivity contribution in [2.45, 2.75) is 50.5 Å². The lowest BCUT2D eigenvalue weighted by Gasteiger charge is -2.29. The predicted octanol–water partition coefficient (Wildman–Crippen LogP) is 3.19. The van der Waals surface area contributed by atoms with Gasteiger partial charge in [-0.25, -0.2) is 0 Å². The zero-order valence-electron chi connectivity index (χ0n) is 12.3. The smallest absolute Gasteiger partial charge is 0.259 e. The highest BCUT2D eigenvalue weighted by Gasteiger charge is 2.31. The number of carbonyl (C=O) groups excluding carboxylic acids is 1. The number of hydrogen-bond donors (Lipinski definition) is 1. The van der Waals surface area contributed by atoms with Gasteiger partial charge in [-0.3, -0.25) is 4.79 Å². The zero-order valence-corrected chi connectivity index (χ0v) is 12.3. The van der Waals surface area contributed by atoms with Crippen LogP contribution in [-0.2, 0) is 4.79 Å². The molecule has 0 heterocycles. The van der Waals surface area contributed by atoms with E-state index in [2.05, 4.69) is 11.4 Å². The molecule has 2 rings (SSSR count). The summed E-state index contributed by atoms with van der Waals surface area (Å²) in [5.41, 5.74) is -0.711. The minimum Gasteiger partial charge on any atom is -0.484 e. The molecule has 1 amide bonds. The lowest BCUT2D eigenvalue weighted by molar-refractivity contribution is -0.124. The molecule has 0 saturated heterocycles. The second-order valence-corrected chi connectivity index (χ2v) is 5.61. The molecule has 21 heavy (non-hydrogen) atoms. The van der Waals surface area contributed by atoms with E-state index in [-0.39, 0.29) is 12.5 Å². The number of amides is 1. The first-order valence-electron chi connectivity index (χ1n) is 7.64. The third-order valence-electron chi connectivity index (χ3n) is 3.91. The summed E-state index contributed by atoms with van der Waals surface area (Å²) in [7, 11) is 0. The quantitative estimate of drug-likeness (QED) is 0.924. The molecule has 1 aliphatic carbocycles. The Kier molecular flexibility index (Phi) is 5.62. The van der Waals surface area contributed by atoms with Crippen LogP contribution >= 0.6 is 0 Å². The Morgan fingerprint density at radius 1 is 1.14 bits per heavy atom. The van der Waals surface area contributed by atoms with Crippen molar-refractivity contribution in [2.24, 2.45) is 0 Å². The number of rotatable bonds is 4. The van der Waals surface area contributed by atoms with Crippen LogP contribution in [0.1, 0.15) is 44.9 Å². The molecule has 0 unspecified atom stereocenters. The molecule has 0 aromatic heterocycles. The van der Waals surface area contributed by atoms with Crippen LogP contribution in [0.5, 0.6) is 5.75 Å². The summed E-state index contributed by atoms with van der Waals surface area (Å²) in [5.74, 6) is 0.442. The summed E-state index contributed by atoms with van der Waals surface area (Å²) < 4.78 is 5.43. The van der Waals surface area contributed by atoms with Crippen molar-refractivity contribution in [1.82, 2.24) is 5.32 Å². The van der Waals surface area contributed by atoms with Gasteiger partial charge in [0.25, 0.3) is 5.91 Å². The topological polar surface area (TPSA) is 62.1 Å². The van der Waals surface area contributed by atoms with E-state index >= 15 is 0 Å². The van der Waals surface area contributed by atoms with Crippen LogP contribution in [0.3, 0.4) is 0 Å². The number of benzene rings is 1. The molecular weight excluding hydrogens is 264 g/mol. The molecule has 1 N–H and O–H groups in total. The van der Waals surface area contributed by atoms with E-state index in [1.807, 2.05) is 30.3 Å². The Morgan fingerprint density at radius 2 is 1.76 bits per heavy atom. The number of ether oxygens (including phenoxy) is 1. The van der Waals surface area contributed by atoms with Crippen LogP contribution in [0.25, 0.3) is 0 Å². The standard InChI is InChI=1S/C17H22N2O2/c18-14-17(11-7-2-1-3-8-12-17)19-16(20)13-21-15-9-5-4-6-10-15/h4-6,9-10H,1-3,7-8,11-13H2,(H,19,20). The molecular formula is C17H22N2O2. The number of carbonyl (C=O) groups is 1. The Morgan fingerprint density at radius 3 is 2.38 bits per heavy atom. The van der Waals surface area contributed by atoms with E-state index in [9.17, 15) is 10.1 Å². The number of hydrogen-bond acceptors (Lipinski definition) is 3. The monoisotopic (exact) mass is 286 g/mol. The lowest BCUT2D eigenvalue weighted by Crippen LogP contribution is -2.49. The maximum absolute atomic E-state index is 12.1. The molecule has 0 atom stereocenters. The average molecular weight is 286 g/mol. The Bertz CT molecular complexity index is 485. The van der Waals surface area contributed by atoms with Gasteiger partial charge < -0.3 is 10.1 Å². The first kappa shape index (κ1) is 15.4. The third-order valence-corrected chi connectivity index (χ3v) is 3.91. The fraction of sp³-hybridized carbons (Fsp3) is 0.529. The first-order valence-corrected chi connectivity index (χ1v) is 7.64. The fourth-order valence-electron chi connectivity index (χ4n) is 2.74. The van der Waals surface area contributed by atoms with Gasteiger partial charge in [0, 0.05) is 0 Å². The van der Waals surface area contributed by atoms with Crippen molar-refractivity contribution >= 4 is 5.91 Å². The van der Waals surface area contributed by atoms with Crippen molar-refractivity contribution in [3.63, 3.8) is 0 Å². The maximum atomic E-state index is 12.1. The van der Waals surface area contributed by atoms with Gasteiger partial charge in [0.15, 0.2) is 6.61 Å². The lowest BCUT2D eigenvalue weighted by atomic mass is 9.85. The van der Waals surface area contributed by atoms with E-state index in [1.54, 1.807) is 0 Å². The summed E-state index contributed by atoms with van der Waals surface area (Å²) in [6.45, 7) is -0.0482. The summed E-state index contributed by atoms with van der Waals surface area (Å²) in [4.78, 5) is 12.1. The number of para-hydroxylation sites is 1. The molecule has 0 aliphatic heterocycles. The van der Waals surface area contributed by atoms with Crippen molar-refractivity contribution in [3.8, 4) is 11.8 Å². The molecule has 4 heteroatoms. The normalized spacial score (nSPS) is 17.9. The molecule has 1 fully saturated rings. The highest BCUT2D eigenvalue weighted by Crippen LogP contribution is 2.25. The van der Waals surface area contributed by atoms with Crippen molar-refractivity contribution in [2.75, 3.05) is 6.61 Å². The molecule has 0 spiro atoms. The fourth-order valence-corrected chi connectivity index (χ4v) is 2.74. The third kappa shape index (κ3) is 4.78. The van der Waals surface area contributed by atoms with Gasteiger partial charge in [-0.05, 0) is 25.0 Å². The van der Waals surface area contributed by atoms with Gasteiger partial charge in [-0.2, -0.15) is 5.26 Å². The van der Waals surface area contributed by atoms with Crippen molar-refractivity contribution in [3.05, 3.63) is 30.3 Å². The van der Waals surface area contributed by atoms with E-state index in [1.165, 1.54) is 6.42 Å². The molecule has 4 nitrogen and oxygen atoms in total. The van der Waals surface area contributed by atoms with Gasteiger partial charge in [-0.1, -0.05) is 50.3 Å². The summed E-state index contributed by atoms with van der Waals surface area (Å²) in [6.07, 6.45) is 6.97. The SMILES string of the molecule is N#CC1(NC(=O)COc2ccccc2)CCCCCCC1. The van der Waals surface area contributed by atoms with Gasteiger partial charge in [0.1, 0.15) is 11.3 Å². The van der Waals surface area contributed by atoms with Crippen LogP contribution in [0, 0.1) is 11.3 Å². The number of nitrogens with zero attached hydrogens (tertiary/aromatic N) is 1. The van der Waals surface area contributed by atoms with E-state index in [0.717, 1.165) is 38.5 Å². The Balaban J connectivity index is 1.88. The average Bonchev–Trinajstić information content (AvgIpc) is 2.49. The summed E-state index contributed by atoms with van der Waals surface area (Å²) in [6, 6.07) is 11.6. The highest BCUT2D eigenvalue weighted by molar-refractivity contribution is 5.78. The minimum atomic E-state index is -0.711. The molecule has 1 aliphatic rings. The predicted molar refractivity (Wildman–Crippen MR) is 80.7 cm³/mol. The minimum absolute atomic E-state index is 0.0482. The maximum Gasteiger partial charge on any atom is 0.259 e. The summed E-state index contributed by atoms with van der Waals surface area (Å²) >= 11 is 0. The van der Waals surface area contributed by atoms with E-state index in [0.29, 0.717) is 5.75 Å². The van der Waals surface area contributed by atoms with Crippen LogP contribution in [-0.4, -0.2) is 18.1 Å². The van der Waals surface area contributed by atoms with Gasteiger partial charge in [-0.15, -0.1) is 0 Å². The van der Waals surface area contributed by atoms with Crippen LogP contribution in [0.4, 0.5) is 0 Å². The van der Waals surface area contributed by atoms with Gasteiger partial charge in [0.2, 0.25) is 0 Å². The first-order chi connectivity index (χ1) is 10.2. The molecule has 1 aromatic carbocycles. The van der Waals surface area contributed by atoms with Crippen LogP contribution in [0.2, 0.25) is 0 Å². The number of nitrogens with one attached hydrogen (secondary N) is 1. The molecule has 112 valence electrons. The zero-order chi connectivity index (χ0) is 15.0. The van der Waals surface area contributed by atoms with Gasteiger partial charge >= 0.3 is 0 Å². The summed E-state index contributed by atoms with van der Waals surface area (Å²) in [5, 5.41) is 12.4. The second kappa shape index (κ2) is 7.68. The Labute approximate surface area is 126 Å².